The Bertz CT molecular complexity index is 909. The van der Waals surface area contributed by atoms with Crippen molar-refractivity contribution < 1.29 is 4.74 Å². The van der Waals surface area contributed by atoms with Crippen molar-refractivity contribution >= 4 is 29.9 Å². The fourth-order valence-corrected chi connectivity index (χ4v) is 3.09. The molecular formula is C23H30IN5O. The molecule has 1 atom stereocenters. The Balaban J connectivity index is 0.00000320. The fraction of sp³-hybridized carbons (Fsp3) is 0.304. The number of nitrogens with one attached hydrogen (secondary N) is 2. The summed E-state index contributed by atoms with van der Waals surface area (Å²) in [5.74, 6) is 2.13. The molecule has 1 aromatic heterocycles. The first-order valence-electron chi connectivity index (χ1n) is 9.87. The van der Waals surface area contributed by atoms with Gasteiger partial charge >= 0.3 is 0 Å². The van der Waals surface area contributed by atoms with E-state index in [1.54, 1.807) is 14.2 Å². The van der Waals surface area contributed by atoms with Gasteiger partial charge in [-0.1, -0.05) is 37.3 Å². The van der Waals surface area contributed by atoms with Crippen LogP contribution in [0.1, 0.15) is 30.4 Å². The molecular weight excluding hydrogens is 489 g/mol. The molecule has 3 aromatic rings. The van der Waals surface area contributed by atoms with Crippen LogP contribution in [-0.2, 0) is 6.54 Å². The number of guanidine groups is 1. The molecule has 0 saturated heterocycles. The number of nitrogens with zero attached hydrogens (tertiary/aromatic N) is 3. The van der Waals surface area contributed by atoms with Gasteiger partial charge in [0, 0.05) is 31.9 Å². The topological polar surface area (TPSA) is 63.5 Å². The number of halogens is 1. The number of hydrogen-bond acceptors (Lipinski definition) is 3. The summed E-state index contributed by atoms with van der Waals surface area (Å²) < 4.78 is 7.10. The van der Waals surface area contributed by atoms with Crippen LogP contribution in [-0.4, -0.2) is 36.4 Å². The van der Waals surface area contributed by atoms with Crippen LogP contribution in [0.3, 0.4) is 0 Å². The third-order valence-electron chi connectivity index (χ3n) is 4.89. The van der Waals surface area contributed by atoms with Gasteiger partial charge in [-0.2, -0.15) is 5.10 Å². The van der Waals surface area contributed by atoms with Gasteiger partial charge in [-0.15, -0.1) is 24.0 Å². The summed E-state index contributed by atoms with van der Waals surface area (Å²) in [6, 6.07) is 18.4. The molecule has 6 nitrogen and oxygen atoms in total. The number of ether oxygens (including phenoxy) is 1. The first kappa shape index (κ1) is 23.7. The first-order chi connectivity index (χ1) is 14.2. The summed E-state index contributed by atoms with van der Waals surface area (Å²) >= 11 is 0. The number of rotatable bonds is 8. The molecule has 3 rings (SSSR count). The van der Waals surface area contributed by atoms with Crippen LogP contribution in [0.25, 0.3) is 5.69 Å². The second-order valence-corrected chi connectivity index (χ2v) is 6.94. The smallest absolute Gasteiger partial charge is 0.191 e. The Morgan fingerprint density at radius 3 is 2.50 bits per heavy atom. The molecule has 0 saturated carbocycles. The Morgan fingerprint density at radius 2 is 1.83 bits per heavy atom. The summed E-state index contributed by atoms with van der Waals surface area (Å²) in [5.41, 5.74) is 3.46. The standard InChI is InChI=1S/C23H29N5O.HI/c1-18(20-9-11-22(29-3)12-10-20)13-14-25-23(24-2)26-15-19-16-27-28(17-19)21-7-5-4-6-8-21;/h4-12,16-18H,13-15H2,1-3H3,(H2,24,25,26);1H. The predicted octanol–water partition coefficient (Wildman–Crippen LogP) is 4.36. The Labute approximate surface area is 195 Å². The van der Waals surface area contributed by atoms with Crippen molar-refractivity contribution in [3.05, 3.63) is 78.1 Å². The Morgan fingerprint density at radius 1 is 1.10 bits per heavy atom. The minimum atomic E-state index is 0. The second-order valence-electron chi connectivity index (χ2n) is 6.94. The predicted molar refractivity (Wildman–Crippen MR) is 133 cm³/mol. The van der Waals surface area contributed by atoms with Gasteiger partial charge < -0.3 is 15.4 Å². The normalized spacial score (nSPS) is 12.0. The van der Waals surface area contributed by atoms with Gasteiger partial charge in [0.2, 0.25) is 0 Å². The Kier molecular flexibility index (Phi) is 9.66. The third kappa shape index (κ3) is 6.76. The maximum absolute atomic E-state index is 5.22. The second kappa shape index (κ2) is 12.2. The van der Waals surface area contributed by atoms with Crippen molar-refractivity contribution in [1.29, 1.82) is 0 Å². The molecule has 1 unspecified atom stereocenters. The molecule has 30 heavy (non-hydrogen) atoms. The summed E-state index contributed by atoms with van der Waals surface area (Å²) in [5, 5.41) is 11.2. The highest BCUT2D eigenvalue weighted by Crippen LogP contribution is 2.21. The van der Waals surface area contributed by atoms with Crippen molar-refractivity contribution in [2.24, 2.45) is 4.99 Å². The fourth-order valence-electron chi connectivity index (χ4n) is 3.09. The van der Waals surface area contributed by atoms with Gasteiger partial charge in [0.05, 0.1) is 19.0 Å². The molecule has 0 fully saturated rings. The SMILES string of the molecule is CN=C(NCCC(C)c1ccc(OC)cc1)NCc1cnn(-c2ccccc2)c1.I. The van der Waals surface area contributed by atoms with Gasteiger partial charge in [-0.25, -0.2) is 4.68 Å². The van der Waals surface area contributed by atoms with Crippen LogP contribution in [0.2, 0.25) is 0 Å². The lowest BCUT2D eigenvalue weighted by Crippen LogP contribution is -2.37. The summed E-state index contributed by atoms with van der Waals surface area (Å²) in [7, 11) is 3.48. The van der Waals surface area contributed by atoms with Gasteiger partial charge in [0.15, 0.2) is 5.96 Å². The molecule has 0 bridgehead atoms. The number of benzene rings is 2. The number of aromatic nitrogens is 2. The lowest BCUT2D eigenvalue weighted by atomic mass is 9.98. The molecule has 160 valence electrons. The molecule has 0 aliphatic rings. The van der Waals surface area contributed by atoms with Crippen LogP contribution in [0.15, 0.2) is 72.0 Å². The van der Waals surface area contributed by atoms with Gasteiger partial charge in [0.1, 0.15) is 5.75 Å². The van der Waals surface area contributed by atoms with E-state index in [4.69, 9.17) is 4.74 Å². The number of aliphatic imine (C=N–C) groups is 1. The van der Waals surface area contributed by atoms with Crippen LogP contribution in [0, 0.1) is 0 Å². The summed E-state index contributed by atoms with van der Waals surface area (Å²) in [4.78, 5) is 4.31. The lowest BCUT2D eigenvalue weighted by Gasteiger charge is -2.15. The van der Waals surface area contributed by atoms with E-state index < -0.39 is 0 Å². The number of hydrogen-bond donors (Lipinski definition) is 2. The van der Waals surface area contributed by atoms with Gasteiger partial charge in [-0.3, -0.25) is 4.99 Å². The van der Waals surface area contributed by atoms with Gasteiger partial charge in [0.25, 0.3) is 0 Å². The zero-order chi connectivity index (χ0) is 20.5. The van der Waals surface area contributed by atoms with E-state index in [1.807, 2.05) is 59.5 Å². The molecule has 0 radical (unpaired) electrons. The molecule has 0 spiro atoms. The Hall–Kier alpha value is -2.55. The highest BCUT2D eigenvalue weighted by Gasteiger charge is 2.07. The maximum Gasteiger partial charge on any atom is 0.191 e. The van der Waals surface area contributed by atoms with E-state index in [9.17, 15) is 0 Å². The van der Waals surface area contributed by atoms with Crippen LogP contribution < -0.4 is 15.4 Å². The largest absolute Gasteiger partial charge is 0.497 e. The van der Waals surface area contributed by atoms with Crippen molar-refractivity contribution in [3.8, 4) is 11.4 Å². The van der Waals surface area contributed by atoms with E-state index in [0.29, 0.717) is 12.5 Å². The zero-order valence-corrected chi connectivity index (χ0v) is 20.0. The van der Waals surface area contributed by atoms with E-state index in [0.717, 1.165) is 35.9 Å². The van der Waals surface area contributed by atoms with Crippen LogP contribution in [0.4, 0.5) is 0 Å². The quantitative estimate of drug-likeness (QED) is 0.264. The lowest BCUT2D eigenvalue weighted by molar-refractivity contribution is 0.414. The summed E-state index contributed by atoms with van der Waals surface area (Å²) in [6.45, 7) is 3.74. The zero-order valence-electron chi connectivity index (χ0n) is 17.7. The monoisotopic (exact) mass is 519 g/mol. The minimum absolute atomic E-state index is 0. The van der Waals surface area contributed by atoms with Crippen molar-refractivity contribution in [1.82, 2.24) is 20.4 Å². The summed E-state index contributed by atoms with van der Waals surface area (Å²) in [6.07, 6.45) is 4.92. The number of methoxy groups -OCH3 is 1. The van der Waals surface area contributed by atoms with Crippen LogP contribution >= 0.6 is 24.0 Å². The molecule has 0 amide bonds. The molecule has 1 heterocycles. The highest BCUT2D eigenvalue weighted by atomic mass is 127. The van der Waals surface area contributed by atoms with E-state index in [-0.39, 0.29) is 24.0 Å². The molecule has 2 N–H and O–H groups in total. The van der Waals surface area contributed by atoms with E-state index in [1.165, 1.54) is 5.56 Å². The molecule has 7 heteroatoms. The van der Waals surface area contributed by atoms with Crippen LogP contribution in [0.5, 0.6) is 5.75 Å². The average Bonchev–Trinajstić information content (AvgIpc) is 3.25. The van der Waals surface area contributed by atoms with Crippen molar-refractivity contribution in [3.63, 3.8) is 0 Å². The number of para-hydroxylation sites is 1. The van der Waals surface area contributed by atoms with Gasteiger partial charge in [-0.05, 0) is 42.2 Å². The first-order valence-corrected chi connectivity index (χ1v) is 9.87. The molecule has 0 aliphatic carbocycles. The average molecular weight is 519 g/mol. The van der Waals surface area contributed by atoms with E-state index in [2.05, 4.69) is 39.8 Å². The minimum Gasteiger partial charge on any atom is -0.497 e. The van der Waals surface area contributed by atoms with Crippen molar-refractivity contribution in [2.75, 3.05) is 20.7 Å². The highest BCUT2D eigenvalue weighted by molar-refractivity contribution is 14.0. The van der Waals surface area contributed by atoms with Crippen molar-refractivity contribution in [2.45, 2.75) is 25.8 Å². The van der Waals surface area contributed by atoms with E-state index >= 15 is 0 Å². The molecule has 2 aromatic carbocycles. The maximum atomic E-state index is 5.22. The third-order valence-corrected chi connectivity index (χ3v) is 4.89. The molecule has 0 aliphatic heterocycles.